The molecule has 0 aliphatic rings. The van der Waals surface area contributed by atoms with Gasteiger partial charge in [0.25, 0.3) is 0 Å². The van der Waals surface area contributed by atoms with Crippen molar-refractivity contribution in [3.63, 3.8) is 0 Å². The first-order chi connectivity index (χ1) is 9.20. The molecule has 4 nitrogen and oxygen atoms in total. The summed E-state index contributed by atoms with van der Waals surface area (Å²) < 4.78 is 0. The van der Waals surface area contributed by atoms with Gasteiger partial charge in [-0.1, -0.05) is 23.7 Å². The Kier molecular flexibility index (Phi) is 2.93. The molecule has 0 fully saturated rings. The monoisotopic (exact) mass is 271 g/mol. The predicted octanol–water partition coefficient (Wildman–Crippen LogP) is 3.26. The van der Waals surface area contributed by atoms with Gasteiger partial charge in [0, 0.05) is 11.2 Å². The van der Waals surface area contributed by atoms with Crippen LogP contribution in [0.4, 0.5) is 5.69 Å². The molecular formula is C14H10ClN3O. The van der Waals surface area contributed by atoms with Gasteiger partial charge in [0.1, 0.15) is 0 Å². The molecule has 0 bridgehead atoms. The number of rotatable bonds is 2. The minimum absolute atomic E-state index is 0.217. The van der Waals surface area contributed by atoms with Crippen LogP contribution in [0.1, 0.15) is 5.56 Å². The highest BCUT2D eigenvalue weighted by Crippen LogP contribution is 2.17. The molecule has 0 saturated heterocycles. The van der Waals surface area contributed by atoms with Crippen LogP contribution in [0.2, 0.25) is 5.02 Å². The van der Waals surface area contributed by atoms with E-state index in [1.807, 2.05) is 42.5 Å². The van der Waals surface area contributed by atoms with Gasteiger partial charge in [-0.05, 0) is 35.9 Å². The summed E-state index contributed by atoms with van der Waals surface area (Å²) >= 11 is 5.90. The average molecular weight is 272 g/mol. The van der Waals surface area contributed by atoms with E-state index in [0.717, 1.165) is 22.3 Å². The largest absolute Gasteiger partial charge is 0.323 e. The van der Waals surface area contributed by atoms with Gasteiger partial charge in [-0.3, -0.25) is 4.99 Å². The lowest BCUT2D eigenvalue weighted by molar-refractivity contribution is 1.21. The van der Waals surface area contributed by atoms with Crippen LogP contribution in [0.15, 0.2) is 52.3 Å². The fourth-order valence-corrected chi connectivity index (χ4v) is 2.04. The number of nitrogens with zero attached hydrogens (tertiary/aromatic N) is 1. The molecule has 3 aromatic rings. The number of hydrogen-bond acceptors (Lipinski definition) is 2. The average Bonchev–Trinajstić information content (AvgIpc) is 2.75. The standard InChI is InChI=1S/C14H10ClN3O/c15-10-3-1-2-9(6-10)8-16-11-4-5-12-13(7-11)18-14(19)17-12/h1-8H,(H2,17,18,19). The van der Waals surface area contributed by atoms with E-state index in [9.17, 15) is 4.79 Å². The summed E-state index contributed by atoms with van der Waals surface area (Å²) in [4.78, 5) is 20.9. The third-order valence-electron chi connectivity index (χ3n) is 2.71. The van der Waals surface area contributed by atoms with Gasteiger partial charge in [-0.25, -0.2) is 4.79 Å². The molecule has 0 amide bonds. The third kappa shape index (κ3) is 2.58. The van der Waals surface area contributed by atoms with E-state index in [1.54, 1.807) is 6.21 Å². The van der Waals surface area contributed by atoms with Crippen LogP contribution in [0.5, 0.6) is 0 Å². The van der Waals surface area contributed by atoms with E-state index < -0.39 is 0 Å². The molecule has 0 atom stereocenters. The number of H-pyrrole nitrogens is 2. The van der Waals surface area contributed by atoms with E-state index in [1.165, 1.54) is 0 Å². The normalized spacial score (nSPS) is 11.4. The maximum absolute atomic E-state index is 11.2. The van der Waals surface area contributed by atoms with Crippen LogP contribution < -0.4 is 5.69 Å². The predicted molar refractivity (Wildman–Crippen MR) is 77.6 cm³/mol. The smallest absolute Gasteiger partial charge is 0.306 e. The number of halogens is 1. The number of aliphatic imine (C=N–C) groups is 1. The molecule has 0 unspecified atom stereocenters. The molecule has 2 aromatic carbocycles. The lowest BCUT2D eigenvalue weighted by Crippen LogP contribution is -1.99. The summed E-state index contributed by atoms with van der Waals surface area (Å²) in [7, 11) is 0. The van der Waals surface area contributed by atoms with E-state index >= 15 is 0 Å². The van der Waals surface area contributed by atoms with Crippen molar-refractivity contribution in [3.8, 4) is 0 Å². The topological polar surface area (TPSA) is 61.0 Å². The Hall–Kier alpha value is -2.33. The maximum atomic E-state index is 11.2. The summed E-state index contributed by atoms with van der Waals surface area (Å²) in [6, 6.07) is 12.9. The first-order valence-corrected chi connectivity index (χ1v) is 6.10. The molecule has 1 heterocycles. The van der Waals surface area contributed by atoms with Gasteiger partial charge in [0.2, 0.25) is 0 Å². The molecule has 0 saturated carbocycles. The Morgan fingerprint density at radius 1 is 1.05 bits per heavy atom. The number of aromatic amines is 2. The molecule has 0 aliphatic carbocycles. The van der Waals surface area contributed by atoms with Crippen LogP contribution in [0.25, 0.3) is 11.0 Å². The van der Waals surface area contributed by atoms with Gasteiger partial charge in [-0.2, -0.15) is 0 Å². The Labute approximate surface area is 113 Å². The SMILES string of the molecule is O=c1[nH]c2ccc(N=Cc3cccc(Cl)c3)cc2[nH]1. The van der Waals surface area contributed by atoms with Crippen molar-refractivity contribution in [1.82, 2.24) is 9.97 Å². The first-order valence-electron chi connectivity index (χ1n) is 5.72. The van der Waals surface area contributed by atoms with E-state index in [2.05, 4.69) is 15.0 Å². The van der Waals surface area contributed by atoms with Crippen LogP contribution >= 0.6 is 11.6 Å². The number of aromatic nitrogens is 2. The maximum Gasteiger partial charge on any atom is 0.323 e. The number of benzene rings is 2. The molecule has 1 aromatic heterocycles. The minimum Gasteiger partial charge on any atom is -0.306 e. The Balaban J connectivity index is 1.94. The summed E-state index contributed by atoms with van der Waals surface area (Å²) in [5.41, 5.74) is 2.99. The molecule has 94 valence electrons. The van der Waals surface area contributed by atoms with Crippen LogP contribution in [-0.4, -0.2) is 16.2 Å². The van der Waals surface area contributed by atoms with Crippen molar-refractivity contribution in [2.75, 3.05) is 0 Å². The van der Waals surface area contributed by atoms with Crippen molar-refractivity contribution in [2.45, 2.75) is 0 Å². The zero-order chi connectivity index (χ0) is 13.2. The molecule has 3 rings (SSSR count). The summed E-state index contributed by atoms with van der Waals surface area (Å²) in [6.07, 6.45) is 1.73. The first kappa shape index (κ1) is 11.7. The Morgan fingerprint density at radius 2 is 1.89 bits per heavy atom. The highest BCUT2D eigenvalue weighted by atomic mass is 35.5. The molecule has 0 radical (unpaired) electrons. The second-order valence-corrected chi connectivity index (χ2v) is 4.56. The van der Waals surface area contributed by atoms with Gasteiger partial charge < -0.3 is 9.97 Å². The van der Waals surface area contributed by atoms with Crippen molar-refractivity contribution in [2.24, 2.45) is 4.99 Å². The van der Waals surface area contributed by atoms with E-state index in [0.29, 0.717) is 5.02 Å². The van der Waals surface area contributed by atoms with Crippen molar-refractivity contribution < 1.29 is 0 Å². The number of hydrogen-bond donors (Lipinski definition) is 2. The van der Waals surface area contributed by atoms with Gasteiger partial charge in [-0.15, -0.1) is 0 Å². The summed E-state index contributed by atoms with van der Waals surface area (Å²) in [5.74, 6) is 0. The van der Waals surface area contributed by atoms with E-state index in [4.69, 9.17) is 11.6 Å². The zero-order valence-corrected chi connectivity index (χ0v) is 10.6. The second-order valence-electron chi connectivity index (χ2n) is 4.12. The lowest BCUT2D eigenvalue weighted by atomic mass is 10.2. The highest BCUT2D eigenvalue weighted by Gasteiger charge is 1.98. The zero-order valence-electron chi connectivity index (χ0n) is 9.85. The molecular weight excluding hydrogens is 262 g/mol. The minimum atomic E-state index is -0.217. The van der Waals surface area contributed by atoms with Crippen LogP contribution in [0, 0.1) is 0 Å². The lowest BCUT2D eigenvalue weighted by Gasteiger charge is -1.95. The van der Waals surface area contributed by atoms with E-state index in [-0.39, 0.29) is 5.69 Å². The van der Waals surface area contributed by atoms with Crippen LogP contribution in [-0.2, 0) is 0 Å². The molecule has 0 spiro atoms. The summed E-state index contributed by atoms with van der Waals surface area (Å²) in [6.45, 7) is 0. The second kappa shape index (κ2) is 4.74. The Bertz CT molecular complexity index is 817. The van der Waals surface area contributed by atoms with Crippen LogP contribution in [0.3, 0.4) is 0 Å². The number of nitrogens with one attached hydrogen (secondary N) is 2. The van der Waals surface area contributed by atoms with Gasteiger partial charge in [0.15, 0.2) is 0 Å². The van der Waals surface area contributed by atoms with Crippen molar-refractivity contribution >= 4 is 34.5 Å². The van der Waals surface area contributed by atoms with Gasteiger partial charge >= 0.3 is 5.69 Å². The summed E-state index contributed by atoms with van der Waals surface area (Å²) in [5, 5.41) is 0.675. The highest BCUT2D eigenvalue weighted by molar-refractivity contribution is 6.30. The fraction of sp³-hybridized carbons (Fsp3) is 0. The quantitative estimate of drug-likeness (QED) is 0.691. The number of fused-ring (bicyclic) bond motifs is 1. The molecule has 19 heavy (non-hydrogen) atoms. The van der Waals surface area contributed by atoms with Gasteiger partial charge in [0.05, 0.1) is 16.7 Å². The van der Waals surface area contributed by atoms with Crippen molar-refractivity contribution in [1.29, 1.82) is 0 Å². The molecule has 5 heteroatoms. The Morgan fingerprint density at radius 3 is 2.74 bits per heavy atom. The van der Waals surface area contributed by atoms with Crippen molar-refractivity contribution in [3.05, 3.63) is 63.5 Å². The third-order valence-corrected chi connectivity index (χ3v) is 2.95. The molecule has 0 aliphatic heterocycles. The fourth-order valence-electron chi connectivity index (χ4n) is 1.84. The number of imidazole rings is 1. The molecule has 2 N–H and O–H groups in total.